The van der Waals surface area contributed by atoms with Crippen molar-refractivity contribution in [3.63, 3.8) is 0 Å². The normalized spacial score (nSPS) is 10.6. The predicted octanol–water partition coefficient (Wildman–Crippen LogP) is 1.57. The quantitative estimate of drug-likeness (QED) is 0.922. The lowest BCUT2D eigenvalue weighted by Crippen LogP contribution is -2.27. The summed E-state index contributed by atoms with van der Waals surface area (Å²) in [6.07, 6.45) is 3.63. The number of pyridine rings is 1. The second kappa shape index (κ2) is 5.87. The smallest absolute Gasteiger partial charge is 0.352 e. The Morgan fingerprint density at radius 3 is 2.67 bits per heavy atom. The first kappa shape index (κ1) is 14.9. The standard InChI is InChI=1S/C15H17N3O3/c1-9-6-7-16-8-13(9)18-11(3)12(4-5-14(19)20)10(2)17-15(18)21/h6-8H,4-5H2,1-3H3,(H,19,20). The Kier molecular flexibility index (Phi) is 4.16. The number of hydrogen-bond donors (Lipinski definition) is 1. The van der Waals surface area contributed by atoms with Gasteiger partial charge in [-0.3, -0.25) is 14.3 Å². The molecule has 0 spiro atoms. The van der Waals surface area contributed by atoms with Gasteiger partial charge in [-0.2, -0.15) is 4.98 Å². The number of aromatic nitrogens is 3. The van der Waals surface area contributed by atoms with Crippen molar-refractivity contribution in [2.45, 2.75) is 33.6 Å². The monoisotopic (exact) mass is 287 g/mol. The molecule has 0 saturated heterocycles. The van der Waals surface area contributed by atoms with E-state index in [1.54, 1.807) is 26.2 Å². The summed E-state index contributed by atoms with van der Waals surface area (Å²) in [5.41, 5.74) is 3.29. The third-order valence-corrected chi connectivity index (χ3v) is 3.50. The summed E-state index contributed by atoms with van der Waals surface area (Å²) in [5.74, 6) is -0.871. The van der Waals surface area contributed by atoms with Crippen LogP contribution in [0.3, 0.4) is 0 Å². The Labute approximate surface area is 122 Å². The van der Waals surface area contributed by atoms with E-state index in [1.807, 2.05) is 13.0 Å². The molecule has 0 saturated carbocycles. The van der Waals surface area contributed by atoms with Gasteiger partial charge in [0.2, 0.25) is 0 Å². The Morgan fingerprint density at radius 2 is 2.05 bits per heavy atom. The van der Waals surface area contributed by atoms with Crippen LogP contribution in [-0.4, -0.2) is 25.6 Å². The molecule has 0 unspecified atom stereocenters. The van der Waals surface area contributed by atoms with Gasteiger partial charge in [0.15, 0.2) is 0 Å². The minimum Gasteiger partial charge on any atom is -0.481 e. The fraction of sp³-hybridized carbons (Fsp3) is 0.333. The maximum atomic E-state index is 12.2. The zero-order valence-corrected chi connectivity index (χ0v) is 12.3. The number of carboxylic acid groups (broad SMARTS) is 1. The lowest BCUT2D eigenvalue weighted by Gasteiger charge is -2.16. The van der Waals surface area contributed by atoms with Gasteiger partial charge in [-0.05, 0) is 44.4 Å². The van der Waals surface area contributed by atoms with E-state index in [4.69, 9.17) is 5.11 Å². The van der Waals surface area contributed by atoms with Gasteiger partial charge in [-0.25, -0.2) is 4.79 Å². The summed E-state index contributed by atoms with van der Waals surface area (Å²) in [5, 5.41) is 8.84. The fourth-order valence-corrected chi connectivity index (χ4v) is 2.37. The molecular weight excluding hydrogens is 270 g/mol. The van der Waals surface area contributed by atoms with Crippen molar-refractivity contribution in [1.29, 1.82) is 0 Å². The maximum absolute atomic E-state index is 12.2. The molecule has 0 radical (unpaired) electrons. The van der Waals surface area contributed by atoms with Gasteiger partial charge in [0, 0.05) is 24.0 Å². The van der Waals surface area contributed by atoms with Gasteiger partial charge in [-0.1, -0.05) is 0 Å². The average Bonchev–Trinajstić information content (AvgIpc) is 2.40. The number of rotatable bonds is 4. The summed E-state index contributed by atoms with van der Waals surface area (Å²) in [4.78, 5) is 31.0. The number of hydrogen-bond acceptors (Lipinski definition) is 4. The molecule has 110 valence electrons. The maximum Gasteiger partial charge on any atom is 0.352 e. The highest BCUT2D eigenvalue weighted by atomic mass is 16.4. The topological polar surface area (TPSA) is 85.1 Å². The van der Waals surface area contributed by atoms with Gasteiger partial charge in [0.25, 0.3) is 0 Å². The molecule has 2 rings (SSSR count). The van der Waals surface area contributed by atoms with Crippen LogP contribution in [0.4, 0.5) is 0 Å². The van der Waals surface area contributed by atoms with Crippen LogP contribution in [0.1, 0.15) is 28.9 Å². The first-order chi connectivity index (χ1) is 9.91. The van der Waals surface area contributed by atoms with Crippen LogP contribution in [0.15, 0.2) is 23.3 Å². The van der Waals surface area contributed by atoms with E-state index < -0.39 is 5.97 Å². The van der Waals surface area contributed by atoms with E-state index in [2.05, 4.69) is 9.97 Å². The van der Waals surface area contributed by atoms with Crippen molar-refractivity contribution < 1.29 is 9.90 Å². The highest BCUT2D eigenvalue weighted by Gasteiger charge is 2.15. The van der Waals surface area contributed by atoms with Crippen LogP contribution < -0.4 is 5.69 Å². The van der Waals surface area contributed by atoms with Crippen molar-refractivity contribution in [3.05, 3.63) is 51.5 Å². The SMILES string of the molecule is Cc1ccncc1-n1c(C)c(CCC(=O)O)c(C)nc1=O. The van der Waals surface area contributed by atoms with Gasteiger partial charge < -0.3 is 5.11 Å². The summed E-state index contributed by atoms with van der Waals surface area (Å²) in [7, 11) is 0. The molecule has 0 bridgehead atoms. The molecule has 0 aliphatic rings. The van der Waals surface area contributed by atoms with Crippen LogP contribution in [-0.2, 0) is 11.2 Å². The van der Waals surface area contributed by atoms with Crippen molar-refractivity contribution in [1.82, 2.24) is 14.5 Å². The second-order valence-electron chi connectivity index (χ2n) is 4.94. The van der Waals surface area contributed by atoms with E-state index in [1.165, 1.54) is 4.57 Å². The van der Waals surface area contributed by atoms with Crippen molar-refractivity contribution in [2.24, 2.45) is 0 Å². The van der Waals surface area contributed by atoms with E-state index in [9.17, 15) is 9.59 Å². The number of carbonyl (C=O) groups is 1. The molecular formula is C15H17N3O3. The van der Waals surface area contributed by atoms with E-state index >= 15 is 0 Å². The van der Waals surface area contributed by atoms with Crippen LogP contribution >= 0.6 is 0 Å². The summed E-state index contributed by atoms with van der Waals surface area (Å²) in [6.45, 7) is 5.42. The van der Waals surface area contributed by atoms with Crippen LogP contribution in [0.5, 0.6) is 0 Å². The predicted molar refractivity (Wildman–Crippen MR) is 77.8 cm³/mol. The third-order valence-electron chi connectivity index (χ3n) is 3.50. The molecule has 0 aromatic carbocycles. The summed E-state index contributed by atoms with van der Waals surface area (Å²) >= 11 is 0. The average molecular weight is 287 g/mol. The highest BCUT2D eigenvalue weighted by molar-refractivity contribution is 5.67. The fourth-order valence-electron chi connectivity index (χ4n) is 2.37. The first-order valence-electron chi connectivity index (χ1n) is 6.63. The lowest BCUT2D eigenvalue weighted by atomic mass is 10.1. The molecule has 0 aliphatic heterocycles. The van der Waals surface area contributed by atoms with Crippen molar-refractivity contribution in [3.8, 4) is 5.69 Å². The minimum absolute atomic E-state index is 0.00753. The van der Waals surface area contributed by atoms with Gasteiger partial charge in [0.05, 0.1) is 11.9 Å². The zero-order valence-electron chi connectivity index (χ0n) is 12.3. The van der Waals surface area contributed by atoms with E-state index in [0.29, 0.717) is 23.5 Å². The van der Waals surface area contributed by atoms with E-state index in [0.717, 1.165) is 11.1 Å². The molecule has 2 heterocycles. The lowest BCUT2D eigenvalue weighted by molar-refractivity contribution is -0.136. The Hall–Kier alpha value is -2.50. The molecule has 0 aliphatic carbocycles. The van der Waals surface area contributed by atoms with Gasteiger partial charge in [-0.15, -0.1) is 0 Å². The largest absolute Gasteiger partial charge is 0.481 e. The molecule has 0 amide bonds. The molecule has 0 fully saturated rings. The Morgan fingerprint density at radius 1 is 1.33 bits per heavy atom. The molecule has 21 heavy (non-hydrogen) atoms. The zero-order chi connectivity index (χ0) is 15.6. The van der Waals surface area contributed by atoms with Crippen molar-refractivity contribution in [2.75, 3.05) is 0 Å². The van der Waals surface area contributed by atoms with Gasteiger partial charge in [0.1, 0.15) is 0 Å². The van der Waals surface area contributed by atoms with Crippen LogP contribution in [0.25, 0.3) is 5.69 Å². The molecule has 2 aromatic rings. The van der Waals surface area contributed by atoms with Gasteiger partial charge >= 0.3 is 11.7 Å². The second-order valence-corrected chi connectivity index (χ2v) is 4.94. The third kappa shape index (κ3) is 2.99. The Balaban J connectivity index is 2.62. The summed E-state index contributed by atoms with van der Waals surface area (Å²) in [6, 6.07) is 1.82. The molecule has 0 atom stereocenters. The molecule has 1 N–H and O–H groups in total. The van der Waals surface area contributed by atoms with Crippen molar-refractivity contribution >= 4 is 5.97 Å². The molecule has 6 heteroatoms. The molecule has 6 nitrogen and oxygen atoms in total. The molecule has 2 aromatic heterocycles. The summed E-state index contributed by atoms with van der Waals surface area (Å²) < 4.78 is 1.49. The number of carboxylic acids is 1. The highest BCUT2D eigenvalue weighted by Crippen LogP contribution is 2.17. The number of aryl methyl sites for hydroxylation is 2. The van der Waals surface area contributed by atoms with Crippen LogP contribution in [0.2, 0.25) is 0 Å². The van der Waals surface area contributed by atoms with Crippen LogP contribution in [0, 0.1) is 20.8 Å². The number of nitrogens with zero attached hydrogens (tertiary/aromatic N) is 3. The first-order valence-corrected chi connectivity index (χ1v) is 6.63. The Bertz CT molecular complexity index is 750. The number of aliphatic carboxylic acids is 1. The van der Waals surface area contributed by atoms with E-state index in [-0.39, 0.29) is 12.1 Å². The minimum atomic E-state index is -0.871.